The highest BCUT2D eigenvalue weighted by atomic mass is 32.2. The van der Waals surface area contributed by atoms with E-state index in [9.17, 15) is 0 Å². The molecule has 78 valence electrons. The Kier molecular flexibility index (Phi) is 3.45. The van der Waals surface area contributed by atoms with Crippen LogP contribution < -0.4 is 4.74 Å². The van der Waals surface area contributed by atoms with Gasteiger partial charge in [-0.3, -0.25) is 0 Å². The van der Waals surface area contributed by atoms with Gasteiger partial charge in [-0.25, -0.2) is 4.98 Å². The number of hydrogen-bond acceptors (Lipinski definition) is 3. The Morgan fingerprint density at radius 3 is 2.93 bits per heavy atom. The highest BCUT2D eigenvalue weighted by molar-refractivity contribution is 7.98. The van der Waals surface area contributed by atoms with Gasteiger partial charge in [-0.15, -0.1) is 0 Å². The molecular weight excluding hydrogens is 206 g/mol. The maximum atomic E-state index is 5.52. The predicted molar refractivity (Wildman–Crippen MR) is 65.6 cm³/mol. The molecule has 0 unspecified atom stereocenters. The average molecular weight is 219 g/mol. The summed E-state index contributed by atoms with van der Waals surface area (Å²) >= 11 is 1.77. The number of benzene rings is 1. The average Bonchev–Trinajstić information content (AvgIpc) is 2.29. The van der Waals surface area contributed by atoms with Crippen LogP contribution in [0.1, 0.15) is 0 Å². The van der Waals surface area contributed by atoms with E-state index in [2.05, 4.69) is 11.2 Å². The molecule has 0 saturated heterocycles. The Morgan fingerprint density at radius 2 is 2.07 bits per heavy atom. The Hall–Kier alpha value is -1.22. The summed E-state index contributed by atoms with van der Waals surface area (Å²) in [5.41, 5.74) is 0.985. The van der Waals surface area contributed by atoms with Crippen LogP contribution in [0, 0.1) is 0 Å². The summed E-state index contributed by atoms with van der Waals surface area (Å²) in [6.45, 7) is 0.715. The lowest BCUT2D eigenvalue weighted by Crippen LogP contribution is -2.01. The summed E-state index contributed by atoms with van der Waals surface area (Å²) in [5.74, 6) is 1.71. The standard InChI is InChI=1S/C12H13NOS/c1-15-9-8-14-12-7-6-10-4-2-3-5-11(10)13-12/h2-7H,8-9H2,1H3. The van der Waals surface area contributed by atoms with Crippen molar-refractivity contribution in [2.24, 2.45) is 0 Å². The molecule has 0 bridgehead atoms. The zero-order chi connectivity index (χ0) is 10.5. The quantitative estimate of drug-likeness (QED) is 0.738. The van der Waals surface area contributed by atoms with E-state index in [4.69, 9.17) is 4.74 Å². The summed E-state index contributed by atoms with van der Waals surface area (Å²) in [7, 11) is 0. The Bertz CT molecular complexity index is 444. The van der Waals surface area contributed by atoms with Gasteiger partial charge in [-0.1, -0.05) is 18.2 Å². The second-order valence-corrected chi connectivity index (χ2v) is 4.17. The molecule has 0 saturated carbocycles. The van der Waals surface area contributed by atoms with Crippen molar-refractivity contribution in [2.75, 3.05) is 18.6 Å². The molecule has 3 heteroatoms. The topological polar surface area (TPSA) is 22.1 Å². The third kappa shape index (κ3) is 2.63. The number of aromatic nitrogens is 1. The van der Waals surface area contributed by atoms with Crippen LogP contribution >= 0.6 is 11.8 Å². The van der Waals surface area contributed by atoms with Crippen LogP contribution in [0.3, 0.4) is 0 Å². The minimum atomic E-state index is 0.711. The Balaban J connectivity index is 2.16. The van der Waals surface area contributed by atoms with Gasteiger partial charge in [0.1, 0.15) is 0 Å². The van der Waals surface area contributed by atoms with Crippen molar-refractivity contribution >= 4 is 22.7 Å². The Morgan fingerprint density at radius 1 is 1.20 bits per heavy atom. The van der Waals surface area contributed by atoms with Crippen molar-refractivity contribution in [1.82, 2.24) is 4.98 Å². The van der Waals surface area contributed by atoms with E-state index in [1.54, 1.807) is 11.8 Å². The van der Waals surface area contributed by atoms with Crippen LogP contribution in [0.2, 0.25) is 0 Å². The molecule has 0 spiro atoms. The fourth-order valence-electron chi connectivity index (χ4n) is 1.36. The molecule has 0 radical (unpaired) electrons. The lowest BCUT2D eigenvalue weighted by molar-refractivity contribution is 0.332. The van der Waals surface area contributed by atoms with Crippen molar-refractivity contribution in [3.63, 3.8) is 0 Å². The third-order valence-electron chi connectivity index (χ3n) is 2.11. The van der Waals surface area contributed by atoms with Crippen LogP contribution in [0.15, 0.2) is 36.4 Å². The van der Waals surface area contributed by atoms with Crippen molar-refractivity contribution in [1.29, 1.82) is 0 Å². The predicted octanol–water partition coefficient (Wildman–Crippen LogP) is 2.98. The van der Waals surface area contributed by atoms with Crippen LogP contribution in [0.25, 0.3) is 10.9 Å². The summed E-state index contributed by atoms with van der Waals surface area (Å²) in [4.78, 5) is 4.42. The number of rotatable bonds is 4. The molecule has 1 aromatic carbocycles. The van der Waals surface area contributed by atoms with Crippen LogP contribution in [0.5, 0.6) is 5.88 Å². The van der Waals surface area contributed by atoms with E-state index in [1.165, 1.54) is 0 Å². The SMILES string of the molecule is CSCCOc1ccc2ccccc2n1. The number of fused-ring (bicyclic) bond motifs is 1. The highest BCUT2D eigenvalue weighted by Crippen LogP contribution is 2.15. The van der Waals surface area contributed by atoms with E-state index in [0.29, 0.717) is 12.5 Å². The first-order chi connectivity index (χ1) is 7.40. The fourth-order valence-corrected chi connectivity index (χ4v) is 1.61. The molecule has 0 N–H and O–H groups in total. The maximum absolute atomic E-state index is 5.52. The molecule has 0 fully saturated rings. The molecule has 0 aliphatic rings. The lowest BCUT2D eigenvalue weighted by atomic mass is 10.2. The zero-order valence-corrected chi connectivity index (χ0v) is 9.46. The number of hydrogen-bond donors (Lipinski definition) is 0. The van der Waals surface area contributed by atoms with Gasteiger partial charge in [0, 0.05) is 17.2 Å². The van der Waals surface area contributed by atoms with Crippen molar-refractivity contribution in [2.45, 2.75) is 0 Å². The number of ether oxygens (including phenoxy) is 1. The Labute approximate surface area is 93.7 Å². The summed E-state index contributed by atoms with van der Waals surface area (Å²) in [5, 5.41) is 1.15. The minimum Gasteiger partial charge on any atom is -0.477 e. The zero-order valence-electron chi connectivity index (χ0n) is 8.64. The molecular formula is C12H13NOS. The lowest BCUT2D eigenvalue weighted by Gasteiger charge is -2.04. The second kappa shape index (κ2) is 5.03. The van der Waals surface area contributed by atoms with E-state index in [1.807, 2.05) is 36.4 Å². The molecule has 15 heavy (non-hydrogen) atoms. The van der Waals surface area contributed by atoms with E-state index in [0.717, 1.165) is 16.7 Å². The molecule has 0 aliphatic carbocycles. The first-order valence-corrected chi connectivity index (χ1v) is 6.27. The molecule has 2 rings (SSSR count). The van der Waals surface area contributed by atoms with E-state index >= 15 is 0 Å². The van der Waals surface area contributed by atoms with Gasteiger partial charge in [-0.05, 0) is 18.4 Å². The maximum Gasteiger partial charge on any atom is 0.213 e. The normalized spacial score (nSPS) is 10.5. The summed E-state index contributed by atoms with van der Waals surface area (Å²) in [6.07, 6.45) is 2.07. The number of para-hydroxylation sites is 1. The van der Waals surface area contributed by atoms with Gasteiger partial charge in [0.15, 0.2) is 0 Å². The summed E-state index contributed by atoms with van der Waals surface area (Å²) in [6, 6.07) is 12.0. The summed E-state index contributed by atoms with van der Waals surface area (Å²) < 4.78 is 5.52. The number of pyridine rings is 1. The number of nitrogens with zero attached hydrogens (tertiary/aromatic N) is 1. The first-order valence-electron chi connectivity index (χ1n) is 4.87. The molecule has 1 aromatic heterocycles. The van der Waals surface area contributed by atoms with Gasteiger partial charge in [0.2, 0.25) is 5.88 Å². The molecule has 0 atom stereocenters. The van der Waals surface area contributed by atoms with Crippen LogP contribution in [-0.4, -0.2) is 23.6 Å². The third-order valence-corrected chi connectivity index (χ3v) is 2.69. The first kappa shape index (κ1) is 10.3. The molecule has 0 aliphatic heterocycles. The largest absolute Gasteiger partial charge is 0.477 e. The molecule has 2 nitrogen and oxygen atoms in total. The van der Waals surface area contributed by atoms with E-state index in [-0.39, 0.29) is 0 Å². The van der Waals surface area contributed by atoms with Crippen LogP contribution in [0.4, 0.5) is 0 Å². The fraction of sp³-hybridized carbons (Fsp3) is 0.250. The molecule has 1 heterocycles. The van der Waals surface area contributed by atoms with Crippen molar-refractivity contribution < 1.29 is 4.74 Å². The minimum absolute atomic E-state index is 0.711. The van der Waals surface area contributed by atoms with Gasteiger partial charge in [0.05, 0.1) is 12.1 Å². The molecule has 2 aromatic rings. The monoisotopic (exact) mass is 219 g/mol. The van der Waals surface area contributed by atoms with Gasteiger partial charge < -0.3 is 4.74 Å². The number of thioether (sulfide) groups is 1. The van der Waals surface area contributed by atoms with Gasteiger partial charge >= 0.3 is 0 Å². The molecule has 0 amide bonds. The smallest absolute Gasteiger partial charge is 0.213 e. The second-order valence-electron chi connectivity index (χ2n) is 3.18. The van der Waals surface area contributed by atoms with Crippen molar-refractivity contribution in [3.8, 4) is 5.88 Å². The van der Waals surface area contributed by atoms with Crippen molar-refractivity contribution in [3.05, 3.63) is 36.4 Å². The van der Waals surface area contributed by atoms with Gasteiger partial charge in [0.25, 0.3) is 0 Å². The van der Waals surface area contributed by atoms with Crippen LogP contribution in [-0.2, 0) is 0 Å². The van der Waals surface area contributed by atoms with Gasteiger partial charge in [-0.2, -0.15) is 11.8 Å². The van der Waals surface area contributed by atoms with E-state index < -0.39 is 0 Å². The highest BCUT2D eigenvalue weighted by Gasteiger charge is 1.97.